The summed E-state index contributed by atoms with van der Waals surface area (Å²) in [5.74, 6) is -0.182. The van der Waals surface area contributed by atoms with Crippen LogP contribution in [0.5, 0.6) is 11.5 Å². The number of carbonyl (C=O) groups is 2. The summed E-state index contributed by atoms with van der Waals surface area (Å²) in [5.41, 5.74) is 1.79. The molecule has 0 aromatic heterocycles. The van der Waals surface area contributed by atoms with Crippen LogP contribution in [0.1, 0.15) is 46.9 Å². The first-order chi connectivity index (χ1) is 12.1. The Balaban J connectivity index is 2.05. The van der Waals surface area contributed by atoms with E-state index in [1.54, 1.807) is 43.5 Å². The lowest BCUT2D eigenvalue weighted by Crippen LogP contribution is -2.19. The largest absolute Gasteiger partial charge is 0.496 e. The Morgan fingerprint density at radius 2 is 1.72 bits per heavy atom. The molecule has 2 aromatic rings. The number of aliphatic carboxylic acids is 1. The van der Waals surface area contributed by atoms with Crippen LogP contribution in [0.25, 0.3) is 0 Å². The third kappa shape index (κ3) is 3.50. The second-order valence-electron chi connectivity index (χ2n) is 6.00. The molecule has 2 aromatic carbocycles. The molecule has 1 atom stereocenters. The molecule has 0 heterocycles. The number of methoxy groups -OCH3 is 1. The number of fused-ring (bicyclic) bond motifs is 1. The van der Waals surface area contributed by atoms with Crippen LogP contribution in [0.15, 0.2) is 42.5 Å². The van der Waals surface area contributed by atoms with Crippen molar-refractivity contribution in [2.75, 3.05) is 7.11 Å². The molecule has 0 bridgehead atoms. The summed E-state index contributed by atoms with van der Waals surface area (Å²) in [4.78, 5) is 24.3. The number of carboxylic acids is 1. The van der Waals surface area contributed by atoms with E-state index in [1.165, 1.54) is 0 Å². The molecule has 1 aliphatic rings. The molecule has 1 N–H and O–H groups in total. The highest BCUT2D eigenvalue weighted by Crippen LogP contribution is 2.37. The Bertz CT molecular complexity index is 782. The zero-order valence-corrected chi connectivity index (χ0v) is 14.0. The van der Waals surface area contributed by atoms with Gasteiger partial charge in [0.1, 0.15) is 11.5 Å². The van der Waals surface area contributed by atoms with Gasteiger partial charge in [-0.15, -0.1) is 0 Å². The van der Waals surface area contributed by atoms with E-state index in [9.17, 15) is 14.7 Å². The lowest BCUT2D eigenvalue weighted by Gasteiger charge is -2.20. The standard InChI is InChI=1S/C20H20O5/c1-24-16-11-12-17(18-14(16)9-5-6-10-15(18)21)25-19(20(22)23)13-7-3-2-4-8-13/h2-4,7-8,11-12,19H,5-6,9-10H2,1H3,(H,22,23). The van der Waals surface area contributed by atoms with Crippen molar-refractivity contribution in [3.05, 3.63) is 59.2 Å². The molecule has 1 unspecified atom stereocenters. The van der Waals surface area contributed by atoms with Crippen molar-refractivity contribution in [1.29, 1.82) is 0 Å². The van der Waals surface area contributed by atoms with Gasteiger partial charge in [-0.3, -0.25) is 4.79 Å². The molecular weight excluding hydrogens is 320 g/mol. The van der Waals surface area contributed by atoms with Crippen molar-refractivity contribution < 1.29 is 24.2 Å². The Hall–Kier alpha value is -2.82. The Labute approximate surface area is 146 Å². The SMILES string of the molecule is COc1ccc(OC(C(=O)O)c2ccccc2)c2c1CCCCC2=O. The van der Waals surface area contributed by atoms with Crippen LogP contribution in [0, 0.1) is 0 Å². The predicted molar refractivity (Wildman–Crippen MR) is 92.3 cm³/mol. The highest BCUT2D eigenvalue weighted by atomic mass is 16.5. The fourth-order valence-corrected chi connectivity index (χ4v) is 3.18. The van der Waals surface area contributed by atoms with Crippen molar-refractivity contribution >= 4 is 11.8 Å². The number of rotatable bonds is 5. The van der Waals surface area contributed by atoms with E-state index in [1.807, 2.05) is 6.07 Å². The van der Waals surface area contributed by atoms with E-state index in [0.717, 1.165) is 18.4 Å². The van der Waals surface area contributed by atoms with Gasteiger partial charge in [-0.25, -0.2) is 4.79 Å². The monoisotopic (exact) mass is 340 g/mol. The normalized spacial score (nSPS) is 15.0. The van der Waals surface area contributed by atoms with Crippen LogP contribution < -0.4 is 9.47 Å². The molecule has 5 nitrogen and oxygen atoms in total. The second-order valence-corrected chi connectivity index (χ2v) is 6.00. The van der Waals surface area contributed by atoms with Gasteiger partial charge in [-0.05, 0) is 31.4 Å². The smallest absolute Gasteiger partial charge is 0.349 e. The Morgan fingerprint density at radius 1 is 1.04 bits per heavy atom. The Kier molecular flexibility index (Phi) is 5.03. The van der Waals surface area contributed by atoms with Gasteiger partial charge in [0.2, 0.25) is 6.10 Å². The topological polar surface area (TPSA) is 72.8 Å². The van der Waals surface area contributed by atoms with Crippen LogP contribution in [-0.2, 0) is 11.2 Å². The summed E-state index contributed by atoms with van der Waals surface area (Å²) < 4.78 is 11.2. The van der Waals surface area contributed by atoms with E-state index < -0.39 is 12.1 Å². The number of carboxylic acid groups (broad SMARTS) is 1. The number of ether oxygens (including phenoxy) is 2. The van der Waals surface area contributed by atoms with Crippen molar-refractivity contribution in [3.63, 3.8) is 0 Å². The second kappa shape index (κ2) is 7.38. The third-order valence-electron chi connectivity index (χ3n) is 4.38. The molecule has 0 radical (unpaired) electrons. The maximum absolute atomic E-state index is 12.6. The minimum Gasteiger partial charge on any atom is -0.496 e. The molecule has 1 aliphatic carbocycles. The first kappa shape index (κ1) is 17.0. The molecule has 130 valence electrons. The zero-order valence-electron chi connectivity index (χ0n) is 14.0. The Morgan fingerprint density at radius 3 is 2.40 bits per heavy atom. The van der Waals surface area contributed by atoms with Crippen LogP contribution in [0.3, 0.4) is 0 Å². The summed E-state index contributed by atoms with van der Waals surface area (Å²) >= 11 is 0. The van der Waals surface area contributed by atoms with Gasteiger partial charge < -0.3 is 14.6 Å². The molecular formula is C20H20O5. The third-order valence-corrected chi connectivity index (χ3v) is 4.38. The van der Waals surface area contributed by atoms with Gasteiger partial charge in [-0.1, -0.05) is 30.3 Å². The van der Waals surface area contributed by atoms with Crippen molar-refractivity contribution in [3.8, 4) is 11.5 Å². The van der Waals surface area contributed by atoms with Gasteiger partial charge in [-0.2, -0.15) is 0 Å². The van der Waals surface area contributed by atoms with E-state index >= 15 is 0 Å². The fourth-order valence-electron chi connectivity index (χ4n) is 3.18. The van der Waals surface area contributed by atoms with Crippen LogP contribution in [0.2, 0.25) is 0 Å². The summed E-state index contributed by atoms with van der Waals surface area (Å²) in [6, 6.07) is 12.1. The van der Waals surface area contributed by atoms with Crippen LogP contribution >= 0.6 is 0 Å². The number of hydrogen-bond donors (Lipinski definition) is 1. The minimum atomic E-state index is -1.17. The maximum atomic E-state index is 12.6. The summed E-state index contributed by atoms with van der Waals surface area (Å²) in [7, 11) is 1.57. The van der Waals surface area contributed by atoms with Crippen LogP contribution in [0.4, 0.5) is 0 Å². The van der Waals surface area contributed by atoms with E-state index in [4.69, 9.17) is 9.47 Å². The van der Waals surface area contributed by atoms with Gasteiger partial charge >= 0.3 is 5.97 Å². The fraction of sp³-hybridized carbons (Fsp3) is 0.300. The lowest BCUT2D eigenvalue weighted by molar-refractivity contribution is -0.145. The highest BCUT2D eigenvalue weighted by molar-refractivity contribution is 6.01. The number of Topliss-reactive ketones (excluding diaryl/α,β-unsaturated/α-hetero) is 1. The molecule has 0 aliphatic heterocycles. The first-order valence-corrected chi connectivity index (χ1v) is 8.29. The molecule has 25 heavy (non-hydrogen) atoms. The highest BCUT2D eigenvalue weighted by Gasteiger charge is 2.28. The molecule has 0 spiro atoms. The number of benzene rings is 2. The number of carbonyl (C=O) groups excluding carboxylic acids is 1. The molecule has 3 rings (SSSR count). The van der Waals surface area contributed by atoms with E-state index in [0.29, 0.717) is 35.5 Å². The molecule has 0 saturated carbocycles. The lowest BCUT2D eigenvalue weighted by atomic mass is 9.99. The van der Waals surface area contributed by atoms with Crippen molar-refractivity contribution in [1.82, 2.24) is 0 Å². The zero-order chi connectivity index (χ0) is 17.8. The maximum Gasteiger partial charge on any atom is 0.349 e. The van der Waals surface area contributed by atoms with Crippen LogP contribution in [-0.4, -0.2) is 24.0 Å². The summed E-state index contributed by atoms with van der Waals surface area (Å²) in [5, 5.41) is 9.58. The number of hydrogen-bond acceptors (Lipinski definition) is 4. The minimum absolute atomic E-state index is 0.0291. The molecule has 0 amide bonds. The van der Waals surface area contributed by atoms with E-state index in [2.05, 4.69) is 0 Å². The number of ketones is 1. The summed E-state index contributed by atoms with van der Waals surface area (Å²) in [6.45, 7) is 0. The van der Waals surface area contributed by atoms with Gasteiger partial charge in [0.15, 0.2) is 5.78 Å². The van der Waals surface area contributed by atoms with E-state index in [-0.39, 0.29) is 5.78 Å². The molecule has 5 heteroatoms. The average molecular weight is 340 g/mol. The summed E-state index contributed by atoms with van der Waals surface area (Å²) in [6.07, 6.45) is 1.66. The van der Waals surface area contributed by atoms with Crippen molar-refractivity contribution in [2.24, 2.45) is 0 Å². The first-order valence-electron chi connectivity index (χ1n) is 8.29. The predicted octanol–water partition coefficient (Wildman–Crippen LogP) is 3.81. The molecule has 0 saturated heterocycles. The van der Waals surface area contributed by atoms with Gasteiger partial charge in [0.05, 0.1) is 12.7 Å². The van der Waals surface area contributed by atoms with Crippen molar-refractivity contribution in [2.45, 2.75) is 31.8 Å². The molecule has 0 fully saturated rings. The van der Waals surface area contributed by atoms with Gasteiger partial charge in [0.25, 0.3) is 0 Å². The average Bonchev–Trinajstić information content (AvgIpc) is 2.82. The quantitative estimate of drug-likeness (QED) is 0.838. The van der Waals surface area contributed by atoms with Gasteiger partial charge in [0, 0.05) is 17.5 Å².